The van der Waals surface area contributed by atoms with Gasteiger partial charge in [-0.15, -0.1) is 0 Å². The van der Waals surface area contributed by atoms with Crippen LogP contribution in [0.2, 0.25) is 0 Å². The summed E-state index contributed by atoms with van der Waals surface area (Å²) in [6, 6.07) is 14.1. The van der Waals surface area contributed by atoms with E-state index in [1.165, 1.54) is 23.5 Å². The topological polar surface area (TPSA) is 51.0 Å². The van der Waals surface area contributed by atoms with E-state index in [4.69, 9.17) is 0 Å². The highest BCUT2D eigenvalue weighted by Crippen LogP contribution is 2.31. The monoisotopic (exact) mass is 366 g/mol. The third kappa shape index (κ3) is 3.09. The summed E-state index contributed by atoms with van der Waals surface area (Å²) in [7, 11) is 1.77. The van der Waals surface area contributed by atoms with E-state index in [-0.39, 0.29) is 11.7 Å². The van der Waals surface area contributed by atoms with Gasteiger partial charge in [0.05, 0.1) is 16.8 Å². The molecule has 7 heteroatoms. The summed E-state index contributed by atoms with van der Waals surface area (Å²) < 4.78 is 15.9. The third-order valence-electron chi connectivity index (χ3n) is 4.01. The SMILES string of the molecule is Cn1ccnc1C(=O)N(Cc1ccccc1)c1nc2ccc(F)cc2s1. The van der Waals surface area contributed by atoms with Crippen molar-refractivity contribution in [2.24, 2.45) is 7.05 Å². The Kier molecular flexibility index (Phi) is 4.22. The Bertz CT molecular complexity index is 1070. The number of amides is 1. The molecule has 2 aromatic carbocycles. The van der Waals surface area contributed by atoms with Gasteiger partial charge in [0.1, 0.15) is 5.82 Å². The van der Waals surface area contributed by atoms with Gasteiger partial charge in [0, 0.05) is 19.4 Å². The summed E-state index contributed by atoms with van der Waals surface area (Å²) in [5.41, 5.74) is 1.64. The van der Waals surface area contributed by atoms with Crippen molar-refractivity contribution in [3.05, 3.63) is 78.1 Å². The second-order valence-electron chi connectivity index (χ2n) is 5.85. The minimum Gasteiger partial charge on any atom is -0.330 e. The van der Waals surface area contributed by atoms with Crippen LogP contribution in [0.4, 0.5) is 9.52 Å². The molecule has 0 saturated heterocycles. The van der Waals surface area contributed by atoms with Crippen molar-refractivity contribution in [1.82, 2.24) is 14.5 Å². The Labute approximate surface area is 153 Å². The number of carbonyl (C=O) groups is 1. The third-order valence-corrected chi connectivity index (χ3v) is 5.05. The highest BCUT2D eigenvalue weighted by molar-refractivity contribution is 7.22. The van der Waals surface area contributed by atoms with E-state index in [0.29, 0.717) is 27.7 Å². The van der Waals surface area contributed by atoms with E-state index in [1.807, 2.05) is 30.3 Å². The largest absolute Gasteiger partial charge is 0.330 e. The fourth-order valence-corrected chi connectivity index (χ4v) is 3.67. The Morgan fingerprint density at radius 2 is 2.04 bits per heavy atom. The fourth-order valence-electron chi connectivity index (χ4n) is 2.69. The number of carbonyl (C=O) groups excluding carboxylic acids is 1. The van der Waals surface area contributed by atoms with Crippen LogP contribution in [0.15, 0.2) is 60.9 Å². The molecule has 4 aromatic rings. The molecule has 26 heavy (non-hydrogen) atoms. The number of aryl methyl sites for hydroxylation is 1. The number of hydrogen-bond donors (Lipinski definition) is 0. The number of nitrogens with zero attached hydrogens (tertiary/aromatic N) is 4. The van der Waals surface area contributed by atoms with Gasteiger partial charge in [-0.25, -0.2) is 14.4 Å². The molecular formula is C19H15FN4OS. The van der Waals surface area contributed by atoms with Gasteiger partial charge in [0.2, 0.25) is 0 Å². The standard InChI is InChI=1S/C19H15FN4OS/c1-23-10-9-21-17(23)18(25)24(12-13-5-3-2-4-6-13)19-22-15-8-7-14(20)11-16(15)26-19/h2-11H,12H2,1H3. The first-order valence-corrected chi connectivity index (χ1v) is 8.82. The lowest BCUT2D eigenvalue weighted by atomic mass is 10.2. The summed E-state index contributed by atoms with van der Waals surface area (Å²) in [4.78, 5) is 23.4. The number of imidazole rings is 1. The molecule has 0 aliphatic carbocycles. The van der Waals surface area contributed by atoms with Crippen molar-refractivity contribution < 1.29 is 9.18 Å². The number of rotatable bonds is 4. The van der Waals surface area contributed by atoms with E-state index in [0.717, 1.165) is 5.56 Å². The smallest absolute Gasteiger partial charge is 0.296 e. The number of aromatic nitrogens is 3. The predicted octanol–water partition coefficient (Wildman–Crippen LogP) is 4.02. The Morgan fingerprint density at radius 1 is 1.23 bits per heavy atom. The lowest BCUT2D eigenvalue weighted by molar-refractivity contribution is 0.0972. The molecule has 0 saturated carbocycles. The average molecular weight is 366 g/mol. The summed E-state index contributed by atoms with van der Waals surface area (Å²) in [5.74, 6) is -0.245. The lowest BCUT2D eigenvalue weighted by Crippen LogP contribution is -2.32. The van der Waals surface area contributed by atoms with E-state index in [2.05, 4.69) is 9.97 Å². The number of anilines is 1. The molecule has 1 amide bonds. The van der Waals surface area contributed by atoms with E-state index >= 15 is 0 Å². The van der Waals surface area contributed by atoms with Crippen molar-refractivity contribution in [3.63, 3.8) is 0 Å². The van der Waals surface area contributed by atoms with E-state index in [9.17, 15) is 9.18 Å². The van der Waals surface area contributed by atoms with Gasteiger partial charge in [0.25, 0.3) is 5.91 Å². The predicted molar refractivity (Wildman–Crippen MR) is 99.7 cm³/mol. The van der Waals surface area contributed by atoms with Gasteiger partial charge in [-0.2, -0.15) is 0 Å². The molecule has 0 bridgehead atoms. The molecule has 0 atom stereocenters. The molecule has 5 nitrogen and oxygen atoms in total. The van der Waals surface area contributed by atoms with Crippen LogP contribution in [0.3, 0.4) is 0 Å². The Hall–Kier alpha value is -3.06. The quantitative estimate of drug-likeness (QED) is 0.548. The van der Waals surface area contributed by atoms with Crippen molar-refractivity contribution in [2.75, 3.05) is 4.90 Å². The van der Waals surface area contributed by atoms with E-state index < -0.39 is 0 Å². The molecule has 0 fully saturated rings. The zero-order chi connectivity index (χ0) is 18.1. The molecule has 0 N–H and O–H groups in total. The molecule has 130 valence electrons. The number of fused-ring (bicyclic) bond motifs is 1. The molecule has 0 spiro atoms. The molecule has 0 aliphatic rings. The molecule has 0 radical (unpaired) electrons. The maximum atomic E-state index is 13.5. The van der Waals surface area contributed by atoms with Crippen LogP contribution in [-0.4, -0.2) is 20.4 Å². The van der Waals surface area contributed by atoms with Crippen LogP contribution < -0.4 is 4.90 Å². The molecule has 4 rings (SSSR count). The average Bonchev–Trinajstić information content (AvgIpc) is 3.25. The van der Waals surface area contributed by atoms with Crippen LogP contribution in [0.5, 0.6) is 0 Å². The lowest BCUT2D eigenvalue weighted by Gasteiger charge is -2.19. The van der Waals surface area contributed by atoms with Gasteiger partial charge < -0.3 is 4.57 Å². The molecular weight excluding hydrogens is 351 g/mol. The van der Waals surface area contributed by atoms with Gasteiger partial charge in [-0.05, 0) is 23.8 Å². The van der Waals surface area contributed by atoms with Crippen LogP contribution in [-0.2, 0) is 13.6 Å². The van der Waals surface area contributed by atoms with Crippen molar-refractivity contribution in [3.8, 4) is 0 Å². The molecule has 2 heterocycles. The first-order chi connectivity index (χ1) is 12.6. The van der Waals surface area contributed by atoms with Crippen LogP contribution in [0.25, 0.3) is 10.2 Å². The molecule has 0 aliphatic heterocycles. The first-order valence-electron chi connectivity index (χ1n) is 8.01. The highest BCUT2D eigenvalue weighted by Gasteiger charge is 2.24. The summed E-state index contributed by atoms with van der Waals surface area (Å²) in [6.45, 7) is 0.356. The molecule has 0 unspecified atom stereocenters. The summed E-state index contributed by atoms with van der Waals surface area (Å²) >= 11 is 1.29. The minimum atomic E-state index is -0.322. The second kappa shape index (κ2) is 6.68. The second-order valence-corrected chi connectivity index (χ2v) is 6.86. The van der Waals surface area contributed by atoms with Crippen molar-refractivity contribution in [2.45, 2.75) is 6.54 Å². The van der Waals surface area contributed by atoms with Gasteiger partial charge >= 0.3 is 0 Å². The van der Waals surface area contributed by atoms with Crippen LogP contribution in [0, 0.1) is 5.82 Å². The zero-order valence-corrected chi connectivity index (χ0v) is 14.8. The van der Waals surface area contributed by atoms with E-state index in [1.54, 1.807) is 35.0 Å². The normalized spacial score (nSPS) is 11.0. The number of halogens is 1. The summed E-state index contributed by atoms with van der Waals surface area (Å²) in [6.07, 6.45) is 3.31. The summed E-state index contributed by atoms with van der Waals surface area (Å²) in [5, 5.41) is 0.516. The van der Waals surface area contributed by atoms with Gasteiger partial charge in [-0.1, -0.05) is 41.7 Å². The van der Waals surface area contributed by atoms with Crippen molar-refractivity contribution in [1.29, 1.82) is 0 Å². The van der Waals surface area contributed by atoms with Crippen molar-refractivity contribution >= 4 is 32.6 Å². The Balaban J connectivity index is 1.78. The molecule has 2 aromatic heterocycles. The van der Waals surface area contributed by atoms with Crippen LogP contribution in [0.1, 0.15) is 16.2 Å². The zero-order valence-electron chi connectivity index (χ0n) is 14.0. The fraction of sp³-hybridized carbons (Fsp3) is 0.105. The number of hydrogen-bond acceptors (Lipinski definition) is 4. The maximum absolute atomic E-state index is 13.5. The number of benzene rings is 2. The Morgan fingerprint density at radius 3 is 2.77 bits per heavy atom. The van der Waals surface area contributed by atoms with Crippen LogP contribution >= 0.6 is 11.3 Å². The number of thiazole rings is 1. The minimum absolute atomic E-state index is 0.249. The highest BCUT2D eigenvalue weighted by atomic mass is 32.1. The van der Waals surface area contributed by atoms with Gasteiger partial charge in [-0.3, -0.25) is 9.69 Å². The first kappa shape index (κ1) is 16.4. The maximum Gasteiger partial charge on any atom is 0.296 e. The van der Waals surface area contributed by atoms with Gasteiger partial charge in [0.15, 0.2) is 11.0 Å².